The van der Waals surface area contributed by atoms with Gasteiger partial charge in [-0.2, -0.15) is 5.10 Å². The number of aryl methyl sites for hydroxylation is 1. The van der Waals surface area contributed by atoms with Crippen molar-refractivity contribution in [1.29, 1.82) is 0 Å². The van der Waals surface area contributed by atoms with Crippen LogP contribution in [0.25, 0.3) is 0 Å². The quantitative estimate of drug-likeness (QED) is 0.726. The number of nitrogens with one attached hydrogen (secondary N) is 2. The summed E-state index contributed by atoms with van der Waals surface area (Å²) < 4.78 is 12.9. The number of aromatic amines is 1. The number of H-pyrrole nitrogens is 1. The highest BCUT2D eigenvalue weighted by Crippen LogP contribution is 2.08. The fourth-order valence-corrected chi connectivity index (χ4v) is 2.40. The van der Waals surface area contributed by atoms with Crippen molar-refractivity contribution < 1.29 is 9.18 Å². The van der Waals surface area contributed by atoms with Gasteiger partial charge in [-0.1, -0.05) is 42.0 Å². The molecule has 3 rings (SSSR count). The third-order valence-electron chi connectivity index (χ3n) is 3.79. The molecule has 0 fully saturated rings. The highest BCUT2D eigenvalue weighted by Gasteiger charge is 2.09. The predicted molar refractivity (Wildman–Crippen MR) is 92.3 cm³/mol. The van der Waals surface area contributed by atoms with E-state index in [9.17, 15) is 9.18 Å². The van der Waals surface area contributed by atoms with Crippen LogP contribution < -0.4 is 5.32 Å². The van der Waals surface area contributed by atoms with Crippen LogP contribution in [0.5, 0.6) is 0 Å². The third kappa shape index (κ3) is 4.97. The topological polar surface area (TPSA) is 70.7 Å². The van der Waals surface area contributed by atoms with Gasteiger partial charge in [0.2, 0.25) is 5.91 Å². The zero-order valence-corrected chi connectivity index (χ0v) is 13.9. The standard InChI is InChI=1S/C19H19FN4O/c1-13-2-4-15(5-3-13)12-21-19(25)11-18-22-17(23-24-18)10-14-6-8-16(20)9-7-14/h2-9H,10-12H2,1H3,(H,21,25)(H,22,23,24). The zero-order chi connectivity index (χ0) is 17.6. The molecule has 2 aromatic carbocycles. The van der Waals surface area contributed by atoms with Gasteiger partial charge in [0.25, 0.3) is 0 Å². The lowest BCUT2D eigenvalue weighted by Gasteiger charge is -2.04. The molecule has 1 aromatic heterocycles. The first kappa shape index (κ1) is 16.8. The maximum Gasteiger partial charge on any atom is 0.228 e. The first-order chi connectivity index (χ1) is 12.1. The summed E-state index contributed by atoms with van der Waals surface area (Å²) in [5.74, 6) is 0.687. The van der Waals surface area contributed by atoms with E-state index < -0.39 is 0 Å². The Balaban J connectivity index is 1.51. The van der Waals surface area contributed by atoms with Crippen LogP contribution in [0.3, 0.4) is 0 Å². The van der Waals surface area contributed by atoms with E-state index in [4.69, 9.17) is 0 Å². The van der Waals surface area contributed by atoms with Crippen molar-refractivity contribution in [3.8, 4) is 0 Å². The van der Waals surface area contributed by atoms with Crippen molar-refractivity contribution in [2.75, 3.05) is 0 Å². The number of aromatic nitrogens is 3. The van der Waals surface area contributed by atoms with Gasteiger partial charge in [0.1, 0.15) is 11.6 Å². The number of nitrogens with zero attached hydrogens (tertiary/aromatic N) is 2. The Morgan fingerprint density at radius 2 is 1.76 bits per heavy atom. The van der Waals surface area contributed by atoms with Gasteiger partial charge in [0, 0.05) is 13.0 Å². The van der Waals surface area contributed by atoms with Crippen molar-refractivity contribution >= 4 is 5.91 Å². The number of carbonyl (C=O) groups excluding carboxylic acids is 1. The number of rotatable bonds is 6. The Morgan fingerprint density at radius 3 is 2.48 bits per heavy atom. The van der Waals surface area contributed by atoms with Crippen LogP contribution in [-0.2, 0) is 24.2 Å². The van der Waals surface area contributed by atoms with Crippen LogP contribution in [0.1, 0.15) is 28.3 Å². The largest absolute Gasteiger partial charge is 0.352 e. The van der Waals surface area contributed by atoms with Gasteiger partial charge in [-0.15, -0.1) is 0 Å². The van der Waals surface area contributed by atoms with Gasteiger partial charge in [-0.3, -0.25) is 9.89 Å². The minimum atomic E-state index is -0.271. The van der Waals surface area contributed by atoms with E-state index in [-0.39, 0.29) is 18.1 Å². The molecular weight excluding hydrogens is 319 g/mol. The molecule has 0 bridgehead atoms. The molecule has 0 saturated carbocycles. The molecule has 25 heavy (non-hydrogen) atoms. The molecule has 0 spiro atoms. The molecular formula is C19H19FN4O. The van der Waals surface area contributed by atoms with Crippen molar-refractivity contribution in [2.24, 2.45) is 0 Å². The van der Waals surface area contributed by atoms with Gasteiger partial charge in [0.15, 0.2) is 5.82 Å². The van der Waals surface area contributed by atoms with E-state index in [0.717, 1.165) is 11.1 Å². The number of amides is 1. The molecule has 1 heterocycles. The molecule has 0 aliphatic carbocycles. The van der Waals surface area contributed by atoms with E-state index in [2.05, 4.69) is 20.5 Å². The second-order valence-electron chi connectivity index (χ2n) is 5.94. The molecule has 0 aliphatic heterocycles. The van der Waals surface area contributed by atoms with Crippen LogP contribution >= 0.6 is 0 Å². The van der Waals surface area contributed by atoms with E-state index in [1.54, 1.807) is 12.1 Å². The Kier molecular flexibility index (Phi) is 5.18. The van der Waals surface area contributed by atoms with Crippen LogP contribution in [0, 0.1) is 12.7 Å². The summed E-state index contributed by atoms with van der Waals surface area (Å²) in [6, 6.07) is 14.2. The van der Waals surface area contributed by atoms with Crippen LogP contribution in [0.15, 0.2) is 48.5 Å². The molecule has 5 nitrogen and oxygen atoms in total. The second kappa shape index (κ2) is 7.70. The molecule has 6 heteroatoms. The molecule has 1 amide bonds. The summed E-state index contributed by atoms with van der Waals surface area (Å²) in [4.78, 5) is 16.3. The first-order valence-electron chi connectivity index (χ1n) is 8.05. The lowest BCUT2D eigenvalue weighted by molar-refractivity contribution is -0.120. The van der Waals surface area contributed by atoms with E-state index in [1.165, 1.54) is 17.7 Å². The summed E-state index contributed by atoms with van der Waals surface area (Å²) in [7, 11) is 0. The Bertz CT molecular complexity index is 841. The summed E-state index contributed by atoms with van der Waals surface area (Å²) in [6.45, 7) is 2.50. The smallest absolute Gasteiger partial charge is 0.228 e. The second-order valence-corrected chi connectivity index (χ2v) is 5.94. The minimum Gasteiger partial charge on any atom is -0.352 e. The van der Waals surface area contributed by atoms with E-state index in [1.807, 2.05) is 31.2 Å². The van der Waals surface area contributed by atoms with E-state index >= 15 is 0 Å². The van der Waals surface area contributed by atoms with Gasteiger partial charge in [-0.25, -0.2) is 9.37 Å². The SMILES string of the molecule is Cc1ccc(CNC(=O)Cc2n[nH]c(Cc3ccc(F)cc3)n2)cc1. The van der Waals surface area contributed by atoms with Crippen LogP contribution in [0.4, 0.5) is 4.39 Å². The highest BCUT2D eigenvalue weighted by atomic mass is 19.1. The van der Waals surface area contributed by atoms with Gasteiger partial charge in [-0.05, 0) is 30.2 Å². The number of carbonyl (C=O) groups is 1. The summed E-state index contributed by atoms with van der Waals surface area (Å²) in [5, 5.41) is 9.74. The van der Waals surface area contributed by atoms with Crippen LogP contribution in [0.2, 0.25) is 0 Å². The molecule has 128 valence electrons. The van der Waals surface area contributed by atoms with Gasteiger partial charge >= 0.3 is 0 Å². The summed E-state index contributed by atoms with van der Waals surface area (Å²) >= 11 is 0. The molecule has 0 atom stereocenters. The third-order valence-corrected chi connectivity index (χ3v) is 3.79. The van der Waals surface area contributed by atoms with Crippen molar-refractivity contribution in [1.82, 2.24) is 20.5 Å². The van der Waals surface area contributed by atoms with Gasteiger partial charge in [0.05, 0.1) is 6.42 Å². The molecule has 0 aliphatic rings. The number of halogens is 1. The van der Waals surface area contributed by atoms with Crippen molar-refractivity contribution in [2.45, 2.75) is 26.3 Å². The average molecular weight is 338 g/mol. The highest BCUT2D eigenvalue weighted by molar-refractivity contribution is 5.77. The Labute approximate surface area is 145 Å². The Morgan fingerprint density at radius 1 is 1.08 bits per heavy atom. The minimum absolute atomic E-state index is 0.117. The zero-order valence-electron chi connectivity index (χ0n) is 13.9. The van der Waals surface area contributed by atoms with E-state index in [0.29, 0.717) is 24.6 Å². The maximum atomic E-state index is 12.9. The average Bonchev–Trinajstić information content (AvgIpc) is 3.03. The number of hydrogen-bond acceptors (Lipinski definition) is 3. The van der Waals surface area contributed by atoms with Crippen molar-refractivity contribution in [3.63, 3.8) is 0 Å². The maximum absolute atomic E-state index is 12.9. The lowest BCUT2D eigenvalue weighted by atomic mass is 10.1. The normalized spacial score (nSPS) is 10.6. The monoisotopic (exact) mass is 338 g/mol. The molecule has 2 N–H and O–H groups in total. The lowest BCUT2D eigenvalue weighted by Crippen LogP contribution is -2.25. The predicted octanol–water partition coefficient (Wildman–Crippen LogP) is 2.70. The Hall–Kier alpha value is -3.02. The molecule has 0 unspecified atom stereocenters. The molecule has 0 radical (unpaired) electrons. The molecule has 0 saturated heterocycles. The fourth-order valence-electron chi connectivity index (χ4n) is 2.40. The van der Waals surface area contributed by atoms with Gasteiger partial charge < -0.3 is 5.32 Å². The summed E-state index contributed by atoms with van der Waals surface area (Å²) in [6.07, 6.45) is 0.629. The van der Waals surface area contributed by atoms with Crippen molar-refractivity contribution in [3.05, 3.63) is 82.7 Å². The molecule has 3 aromatic rings. The summed E-state index contributed by atoms with van der Waals surface area (Å²) in [5.41, 5.74) is 3.16. The van der Waals surface area contributed by atoms with Crippen LogP contribution in [-0.4, -0.2) is 21.1 Å². The fraction of sp³-hybridized carbons (Fsp3) is 0.211. The number of hydrogen-bond donors (Lipinski definition) is 2. The first-order valence-corrected chi connectivity index (χ1v) is 8.05. The number of benzene rings is 2.